The lowest BCUT2D eigenvalue weighted by atomic mass is 10.1. The number of rotatable bonds is 3. The molecule has 0 aliphatic heterocycles. The summed E-state index contributed by atoms with van der Waals surface area (Å²) in [6.45, 7) is 0. The quantitative estimate of drug-likeness (QED) is 0.386. The maximum absolute atomic E-state index is 6.10. The predicted octanol–water partition coefficient (Wildman–Crippen LogP) is 5.91. The predicted molar refractivity (Wildman–Crippen MR) is 110 cm³/mol. The standard InChI is InChI=1S/C21H13N3OS2/c1-2-6-14(7-3-1)17-13-27-20(23-17)16-12-15-8-4-5-9-18(15)25-19(16)24-21-22-10-11-26-21/h1-13H. The van der Waals surface area contributed by atoms with Crippen molar-refractivity contribution >= 4 is 38.8 Å². The average molecular weight is 387 g/mol. The van der Waals surface area contributed by atoms with Crippen LogP contribution < -0.4 is 5.55 Å². The Morgan fingerprint density at radius 1 is 0.926 bits per heavy atom. The number of aromatic nitrogens is 2. The lowest BCUT2D eigenvalue weighted by molar-refractivity contribution is 0.547. The molecule has 0 spiro atoms. The normalized spacial score (nSPS) is 11.9. The van der Waals surface area contributed by atoms with E-state index in [-0.39, 0.29) is 0 Å². The topological polar surface area (TPSA) is 51.3 Å². The van der Waals surface area contributed by atoms with Crippen LogP contribution in [0.25, 0.3) is 32.8 Å². The Bertz CT molecular complexity index is 1270. The first-order valence-corrected chi connectivity index (χ1v) is 10.1. The Hall–Kier alpha value is -3.09. The summed E-state index contributed by atoms with van der Waals surface area (Å²) in [6.07, 6.45) is 1.74. The number of nitrogens with zero attached hydrogens (tertiary/aromatic N) is 3. The lowest BCUT2D eigenvalue weighted by Gasteiger charge is -2.02. The molecule has 2 aromatic carbocycles. The van der Waals surface area contributed by atoms with Gasteiger partial charge in [-0.25, -0.2) is 9.97 Å². The van der Waals surface area contributed by atoms with Crippen molar-refractivity contribution in [3.8, 4) is 21.8 Å². The molecule has 0 radical (unpaired) electrons. The van der Waals surface area contributed by atoms with Gasteiger partial charge in [0.15, 0.2) is 0 Å². The molecule has 5 rings (SSSR count). The van der Waals surface area contributed by atoms with Gasteiger partial charge >= 0.3 is 0 Å². The molecule has 0 unspecified atom stereocenters. The molecule has 0 fully saturated rings. The highest BCUT2D eigenvalue weighted by Gasteiger charge is 2.12. The van der Waals surface area contributed by atoms with Gasteiger partial charge in [0.25, 0.3) is 0 Å². The number of hydrogen-bond acceptors (Lipinski definition) is 6. The van der Waals surface area contributed by atoms with Crippen LogP contribution in [0.3, 0.4) is 0 Å². The fourth-order valence-electron chi connectivity index (χ4n) is 2.80. The fourth-order valence-corrected chi connectivity index (χ4v) is 4.14. The third kappa shape index (κ3) is 3.20. The molecule has 3 aromatic heterocycles. The molecule has 27 heavy (non-hydrogen) atoms. The first-order valence-electron chi connectivity index (χ1n) is 8.35. The highest BCUT2D eigenvalue weighted by Crippen LogP contribution is 2.29. The van der Waals surface area contributed by atoms with Gasteiger partial charge < -0.3 is 4.42 Å². The van der Waals surface area contributed by atoms with Crippen LogP contribution in [-0.4, -0.2) is 9.97 Å². The van der Waals surface area contributed by atoms with Crippen molar-refractivity contribution in [3.05, 3.63) is 83.2 Å². The van der Waals surface area contributed by atoms with Gasteiger partial charge in [-0.3, -0.25) is 0 Å². The minimum atomic E-state index is 0.526. The van der Waals surface area contributed by atoms with Crippen LogP contribution in [0.4, 0.5) is 5.13 Å². The van der Waals surface area contributed by atoms with Gasteiger partial charge in [-0.15, -0.1) is 22.7 Å². The van der Waals surface area contributed by atoms with Gasteiger partial charge in [0.1, 0.15) is 10.6 Å². The van der Waals surface area contributed by atoms with E-state index < -0.39 is 0 Å². The smallest absolute Gasteiger partial charge is 0.232 e. The summed E-state index contributed by atoms with van der Waals surface area (Å²) in [5, 5.41) is 6.51. The van der Waals surface area contributed by atoms with E-state index in [2.05, 4.69) is 33.6 Å². The minimum absolute atomic E-state index is 0.526. The first kappa shape index (κ1) is 16.1. The summed E-state index contributed by atoms with van der Waals surface area (Å²) >= 11 is 3.06. The monoisotopic (exact) mass is 387 g/mol. The van der Waals surface area contributed by atoms with Gasteiger partial charge in [-0.2, -0.15) is 4.99 Å². The maximum Gasteiger partial charge on any atom is 0.232 e. The van der Waals surface area contributed by atoms with Crippen molar-refractivity contribution < 1.29 is 4.42 Å². The Labute approximate surface area is 163 Å². The lowest BCUT2D eigenvalue weighted by Crippen LogP contribution is -2.05. The summed E-state index contributed by atoms with van der Waals surface area (Å²) < 4.78 is 6.10. The van der Waals surface area contributed by atoms with Crippen LogP contribution in [0.2, 0.25) is 0 Å². The molecule has 3 heterocycles. The molecular weight excluding hydrogens is 374 g/mol. The molecule has 5 aromatic rings. The zero-order valence-electron chi connectivity index (χ0n) is 14.1. The first-order chi connectivity index (χ1) is 13.4. The van der Waals surface area contributed by atoms with E-state index in [1.54, 1.807) is 17.5 Å². The van der Waals surface area contributed by atoms with Gasteiger partial charge in [-0.05, 0) is 12.1 Å². The summed E-state index contributed by atoms with van der Waals surface area (Å²) in [6, 6.07) is 20.2. The second kappa shape index (κ2) is 6.90. The molecule has 0 saturated heterocycles. The molecule has 0 amide bonds. The third-order valence-electron chi connectivity index (χ3n) is 4.08. The Balaban J connectivity index is 1.71. The highest BCUT2D eigenvalue weighted by molar-refractivity contribution is 7.13. The van der Waals surface area contributed by atoms with Crippen LogP contribution >= 0.6 is 22.7 Å². The van der Waals surface area contributed by atoms with E-state index >= 15 is 0 Å². The van der Waals surface area contributed by atoms with Crippen molar-refractivity contribution in [3.63, 3.8) is 0 Å². The Kier molecular flexibility index (Phi) is 4.12. The van der Waals surface area contributed by atoms with Crippen LogP contribution in [0.1, 0.15) is 0 Å². The molecule has 6 heteroatoms. The number of hydrogen-bond donors (Lipinski definition) is 0. The molecule has 130 valence electrons. The SMILES string of the molecule is c1ccc(-c2csc(-c3cc4ccccc4oc3=Nc3nccs3)n2)cc1. The van der Waals surface area contributed by atoms with Crippen LogP contribution in [0, 0.1) is 0 Å². The molecule has 0 bridgehead atoms. The highest BCUT2D eigenvalue weighted by atomic mass is 32.1. The molecule has 0 aliphatic rings. The van der Waals surface area contributed by atoms with Gasteiger partial charge in [-0.1, -0.05) is 48.5 Å². The number of para-hydroxylation sites is 1. The second-order valence-electron chi connectivity index (χ2n) is 5.83. The van der Waals surface area contributed by atoms with Gasteiger partial charge in [0, 0.05) is 27.9 Å². The third-order valence-corrected chi connectivity index (χ3v) is 5.62. The Morgan fingerprint density at radius 2 is 1.78 bits per heavy atom. The molecular formula is C21H13N3OS2. The largest absolute Gasteiger partial charge is 0.438 e. The fraction of sp³-hybridized carbons (Fsp3) is 0. The molecule has 0 aliphatic carbocycles. The van der Waals surface area contributed by atoms with E-state index in [0.717, 1.165) is 32.8 Å². The van der Waals surface area contributed by atoms with Crippen molar-refractivity contribution in [2.45, 2.75) is 0 Å². The van der Waals surface area contributed by atoms with Crippen molar-refractivity contribution in [1.82, 2.24) is 9.97 Å². The number of fused-ring (bicyclic) bond motifs is 1. The van der Waals surface area contributed by atoms with E-state index in [4.69, 9.17) is 9.40 Å². The summed E-state index contributed by atoms with van der Waals surface area (Å²) in [4.78, 5) is 13.7. The molecule has 0 saturated carbocycles. The second-order valence-corrected chi connectivity index (χ2v) is 7.56. The van der Waals surface area contributed by atoms with Crippen LogP contribution in [0.15, 0.2) is 87.0 Å². The summed E-state index contributed by atoms with van der Waals surface area (Å²) in [7, 11) is 0. The minimum Gasteiger partial charge on any atom is -0.438 e. The van der Waals surface area contributed by atoms with E-state index in [0.29, 0.717) is 10.7 Å². The van der Waals surface area contributed by atoms with Crippen molar-refractivity contribution in [2.75, 3.05) is 0 Å². The van der Waals surface area contributed by atoms with Crippen molar-refractivity contribution in [2.24, 2.45) is 4.99 Å². The van der Waals surface area contributed by atoms with E-state index in [1.807, 2.05) is 47.8 Å². The molecule has 0 N–H and O–H groups in total. The zero-order valence-corrected chi connectivity index (χ0v) is 15.7. The van der Waals surface area contributed by atoms with E-state index in [9.17, 15) is 0 Å². The molecule has 4 nitrogen and oxygen atoms in total. The van der Waals surface area contributed by atoms with Gasteiger partial charge in [0.05, 0.1) is 11.3 Å². The number of thiazole rings is 2. The van der Waals surface area contributed by atoms with E-state index in [1.165, 1.54) is 11.3 Å². The summed E-state index contributed by atoms with van der Waals surface area (Å²) in [5.41, 5.74) is 4.23. The Morgan fingerprint density at radius 3 is 2.63 bits per heavy atom. The zero-order chi connectivity index (χ0) is 18.1. The van der Waals surface area contributed by atoms with Crippen LogP contribution in [-0.2, 0) is 0 Å². The summed E-state index contributed by atoms with van der Waals surface area (Å²) in [5.74, 6) is 0. The number of benzene rings is 2. The maximum atomic E-state index is 6.10. The molecule has 0 atom stereocenters. The van der Waals surface area contributed by atoms with Crippen molar-refractivity contribution in [1.29, 1.82) is 0 Å². The average Bonchev–Trinajstić information content (AvgIpc) is 3.40. The van der Waals surface area contributed by atoms with Crippen LogP contribution in [0.5, 0.6) is 0 Å². The van der Waals surface area contributed by atoms with Gasteiger partial charge in [0.2, 0.25) is 10.7 Å².